The van der Waals surface area contributed by atoms with Gasteiger partial charge in [-0.1, -0.05) is 24.3 Å². The van der Waals surface area contributed by atoms with Crippen LogP contribution in [0.25, 0.3) is 21.5 Å². The Morgan fingerprint density at radius 1 is 1.17 bits per heavy atom. The molecule has 90 valence electrons. The lowest BCUT2D eigenvalue weighted by molar-refractivity contribution is 0.420. The molecule has 2 aromatic heterocycles. The van der Waals surface area contributed by atoms with Gasteiger partial charge in [0.1, 0.15) is 10.7 Å². The van der Waals surface area contributed by atoms with Crippen LogP contribution >= 0.6 is 11.3 Å². The molecule has 0 N–H and O–H groups in total. The lowest BCUT2D eigenvalue weighted by Crippen LogP contribution is -1.95. The van der Waals surface area contributed by atoms with Gasteiger partial charge in [0.2, 0.25) is 0 Å². The van der Waals surface area contributed by atoms with E-state index < -0.39 is 0 Å². The molecule has 0 aliphatic carbocycles. The van der Waals surface area contributed by atoms with Crippen LogP contribution in [0.2, 0.25) is 0 Å². The van der Waals surface area contributed by atoms with E-state index in [4.69, 9.17) is 4.74 Å². The normalized spacial score (nSPS) is 10.8. The summed E-state index contributed by atoms with van der Waals surface area (Å²) in [7, 11) is 1.68. The standard InChI is InChI=1S/C14H12N2OS/c1-9-10-5-3-4-6-11(10)13(17-2)12(16-9)14-15-7-8-18-14/h3-8H,1-2H3. The lowest BCUT2D eigenvalue weighted by Gasteiger charge is -2.11. The fraction of sp³-hybridized carbons (Fsp3) is 0.143. The highest BCUT2D eigenvalue weighted by molar-refractivity contribution is 7.13. The SMILES string of the molecule is COc1c(-c2nccs2)nc(C)c2ccccc12. The molecule has 3 rings (SSSR count). The molecular weight excluding hydrogens is 244 g/mol. The van der Waals surface area contributed by atoms with Crippen molar-refractivity contribution in [3.63, 3.8) is 0 Å². The molecule has 0 aliphatic heterocycles. The van der Waals surface area contributed by atoms with Gasteiger partial charge >= 0.3 is 0 Å². The fourth-order valence-electron chi connectivity index (χ4n) is 2.09. The number of aryl methyl sites for hydroxylation is 1. The molecular formula is C14H12N2OS. The molecule has 0 saturated carbocycles. The van der Waals surface area contributed by atoms with Crippen molar-refractivity contribution >= 4 is 22.1 Å². The first-order chi connectivity index (χ1) is 8.81. The molecule has 4 heteroatoms. The minimum absolute atomic E-state index is 0.797. The molecule has 0 spiro atoms. The largest absolute Gasteiger partial charge is 0.494 e. The minimum atomic E-state index is 0.797. The molecule has 0 saturated heterocycles. The van der Waals surface area contributed by atoms with Crippen molar-refractivity contribution in [1.82, 2.24) is 9.97 Å². The molecule has 1 aromatic carbocycles. The summed E-state index contributed by atoms with van der Waals surface area (Å²) < 4.78 is 5.54. The van der Waals surface area contributed by atoms with Crippen LogP contribution in [0.3, 0.4) is 0 Å². The van der Waals surface area contributed by atoms with Crippen molar-refractivity contribution < 1.29 is 4.74 Å². The van der Waals surface area contributed by atoms with Gasteiger partial charge in [0.25, 0.3) is 0 Å². The molecule has 0 atom stereocenters. The van der Waals surface area contributed by atoms with Crippen molar-refractivity contribution in [3.8, 4) is 16.5 Å². The molecule has 0 unspecified atom stereocenters. The Hall–Kier alpha value is -1.94. The number of hydrogen-bond acceptors (Lipinski definition) is 4. The maximum absolute atomic E-state index is 5.54. The van der Waals surface area contributed by atoms with Crippen molar-refractivity contribution in [2.24, 2.45) is 0 Å². The smallest absolute Gasteiger partial charge is 0.155 e. The van der Waals surface area contributed by atoms with Gasteiger partial charge in [-0.25, -0.2) is 9.97 Å². The third kappa shape index (κ3) is 1.66. The summed E-state index contributed by atoms with van der Waals surface area (Å²) in [6.07, 6.45) is 1.78. The first kappa shape index (κ1) is 11.2. The van der Waals surface area contributed by atoms with Crippen LogP contribution in [-0.2, 0) is 0 Å². The van der Waals surface area contributed by atoms with Gasteiger partial charge in [0, 0.05) is 28.0 Å². The molecule has 2 heterocycles. The Morgan fingerprint density at radius 2 is 1.94 bits per heavy atom. The Balaban J connectivity index is 2.39. The van der Waals surface area contributed by atoms with Crippen LogP contribution in [0, 0.1) is 6.92 Å². The molecule has 0 amide bonds. The summed E-state index contributed by atoms with van der Waals surface area (Å²) in [5.74, 6) is 0.797. The quantitative estimate of drug-likeness (QED) is 0.701. The number of benzene rings is 1. The van der Waals surface area contributed by atoms with Gasteiger partial charge in [-0.05, 0) is 6.92 Å². The number of aromatic nitrogens is 2. The van der Waals surface area contributed by atoms with Gasteiger partial charge in [-0.15, -0.1) is 11.3 Å². The Bertz CT molecular complexity index is 692. The van der Waals surface area contributed by atoms with Crippen LogP contribution in [0.15, 0.2) is 35.8 Å². The molecule has 3 nitrogen and oxygen atoms in total. The van der Waals surface area contributed by atoms with E-state index >= 15 is 0 Å². The number of fused-ring (bicyclic) bond motifs is 1. The van der Waals surface area contributed by atoms with Gasteiger partial charge in [-0.2, -0.15) is 0 Å². The van der Waals surface area contributed by atoms with Crippen LogP contribution < -0.4 is 4.74 Å². The van der Waals surface area contributed by atoms with E-state index in [1.54, 1.807) is 24.6 Å². The summed E-state index contributed by atoms with van der Waals surface area (Å²) in [4.78, 5) is 8.96. The summed E-state index contributed by atoms with van der Waals surface area (Å²) in [6.45, 7) is 2.01. The van der Waals surface area contributed by atoms with Crippen LogP contribution in [0.5, 0.6) is 5.75 Å². The zero-order valence-electron chi connectivity index (χ0n) is 10.2. The van der Waals surface area contributed by atoms with Crippen molar-refractivity contribution in [1.29, 1.82) is 0 Å². The Labute approximate surface area is 109 Å². The average molecular weight is 256 g/mol. The fourth-order valence-corrected chi connectivity index (χ4v) is 2.72. The highest BCUT2D eigenvalue weighted by Gasteiger charge is 2.15. The number of rotatable bonds is 2. The third-order valence-electron chi connectivity index (χ3n) is 2.90. The number of hydrogen-bond donors (Lipinski definition) is 0. The third-order valence-corrected chi connectivity index (χ3v) is 3.67. The number of thiazole rings is 1. The minimum Gasteiger partial charge on any atom is -0.494 e. The molecule has 0 radical (unpaired) electrons. The van der Waals surface area contributed by atoms with E-state index in [0.717, 1.165) is 32.9 Å². The second kappa shape index (κ2) is 4.38. The van der Waals surface area contributed by atoms with E-state index in [1.807, 2.05) is 24.4 Å². The number of ether oxygens (including phenoxy) is 1. The molecule has 0 fully saturated rings. The molecule has 0 bridgehead atoms. The summed E-state index contributed by atoms with van der Waals surface area (Å²) in [5, 5.41) is 5.04. The van der Waals surface area contributed by atoms with E-state index in [9.17, 15) is 0 Å². The van der Waals surface area contributed by atoms with Gasteiger partial charge in [-0.3, -0.25) is 0 Å². The molecule has 0 aliphatic rings. The van der Waals surface area contributed by atoms with E-state index in [-0.39, 0.29) is 0 Å². The predicted octanol–water partition coefficient (Wildman–Crippen LogP) is 3.68. The average Bonchev–Trinajstić information content (AvgIpc) is 2.92. The van der Waals surface area contributed by atoms with E-state index in [1.165, 1.54) is 0 Å². The van der Waals surface area contributed by atoms with Crippen LogP contribution in [-0.4, -0.2) is 17.1 Å². The van der Waals surface area contributed by atoms with Crippen molar-refractivity contribution in [2.75, 3.05) is 7.11 Å². The van der Waals surface area contributed by atoms with Crippen LogP contribution in [0.4, 0.5) is 0 Å². The number of nitrogens with zero attached hydrogens (tertiary/aromatic N) is 2. The van der Waals surface area contributed by atoms with Gasteiger partial charge in [0.15, 0.2) is 5.75 Å². The van der Waals surface area contributed by atoms with E-state index in [0.29, 0.717) is 0 Å². The Morgan fingerprint density at radius 3 is 2.61 bits per heavy atom. The molecule has 18 heavy (non-hydrogen) atoms. The first-order valence-electron chi connectivity index (χ1n) is 5.64. The summed E-state index contributed by atoms with van der Waals surface area (Å²) in [6, 6.07) is 8.14. The highest BCUT2D eigenvalue weighted by Crippen LogP contribution is 2.36. The van der Waals surface area contributed by atoms with E-state index in [2.05, 4.69) is 22.1 Å². The second-order valence-corrected chi connectivity index (χ2v) is 4.86. The molecule has 3 aromatic rings. The zero-order chi connectivity index (χ0) is 12.5. The van der Waals surface area contributed by atoms with Crippen molar-refractivity contribution in [2.45, 2.75) is 6.92 Å². The zero-order valence-corrected chi connectivity index (χ0v) is 11.0. The number of methoxy groups -OCH3 is 1. The summed E-state index contributed by atoms with van der Waals surface area (Å²) >= 11 is 1.57. The predicted molar refractivity (Wildman–Crippen MR) is 74.1 cm³/mol. The Kier molecular flexibility index (Phi) is 2.72. The second-order valence-electron chi connectivity index (χ2n) is 3.96. The van der Waals surface area contributed by atoms with Gasteiger partial charge < -0.3 is 4.74 Å². The first-order valence-corrected chi connectivity index (χ1v) is 6.52. The maximum Gasteiger partial charge on any atom is 0.155 e. The highest BCUT2D eigenvalue weighted by atomic mass is 32.1. The summed E-state index contributed by atoms with van der Waals surface area (Å²) in [5.41, 5.74) is 1.82. The number of pyridine rings is 1. The monoisotopic (exact) mass is 256 g/mol. The van der Waals surface area contributed by atoms with Crippen molar-refractivity contribution in [3.05, 3.63) is 41.5 Å². The van der Waals surface area contributed by atoms with Gasteiger partial charge in [0.05, 0.1) is 7.11 Å². The topological polar surface area (TPSA) is 35.0 Å². The maximum atomic E-state index is 5.54. The lowest BCUT2D eigenvalue weighted by atomic mass is 10.1. The van der Waals surface area contributed by atoms with Crippen LogP contribution in [0.1, 0.15) is 5.69 Å².